The topological polar surface area (TPSA) is 98.0 Å². The third-order valence-electron chi connectivity index (χ3n) is 0. The Kier molecular flexibility index (Phi) is 3770. The SMILES string of the molecule is N.O.O.[Pd]. The molecule has 7 N–H and O–H groups in total. The molecule has 0 aromatic carbocycles. The third-order valence-corrected chi connectivity index (χ3v) is 0. The van der Waals surface area contributed by atoms with E-state index < -0.39 is 0 Å². The Bertz CT molecular complexity index is 6.00. The fraction of sp³-hybridized carbons (Fsp3) is 0. The van der Waals surface area contributed by atoms with Gasteiger partial charge in [-0.2, -0.15) is 0 Å². The molecule has 0 aliphatic heterocycles. The predicted octanol–water partition coefficient (Wildman–Crippen LogP) is -1.49. The molecule has 0 aromatic rings. The van der Waals surface area contributed by atoms with E-state index in [0.717, 1.165) is 0 Å². The van der Waals surface area contributed by atoms with E-state index in [1.165, 1.54) is 0 Å². The monoisotopic (exact) mass is 159 g/mol. The zero-order chi connectivity index (χ0) is 0. The Morgan fingerprint density at radius 1 is 0.750 bits per heavy atom. The molecule has 0 unspecified atom stereocenters. The van der Waals surface area contributed by atoms with E-state index in [2.05, 4.69) is 0 Å². The molecule has 0 atom stereocenters. The van der Waals surface area contributed by atoms with Gasteiger partial charge in [0.2, 0.25) is 0 Å². The average Bonchev–Trinajstić information content (AvgIpc) is 0. The predicted molar refractivity (Wildman–Crippen MR) is 12.2 cm³/mol. The Labute approximate surface area is 38.2 Å². The summed E-state index contributed by atoms with van der Waals surface area (Å²) < 4.78 is 0. The van der Waals surface area contributed by atoms with E-state index >= 15 is 0 Å². The summed E-state index contributed by atoms with van der Waals surface area (Å²) in [6.07, 6.45) is 0. The summed E-state index contributed by atoms with van der Waals surface area (Å²) >= 11 is 0. The van der Waals surface area contributed by atoms with Crippen molar-refractivity contribution in [3.63, 3.8) is 0 Å². The maximum absolute atomic E-state index is 0. The van der Waals surface area contributed by atoms with Crippen molar-refractivity contribution in [3.05, 3.63) is 0 Å². The first-order valence-corrected chi connectivity index (χ1v) is 0. The van der Waals surface area contributed by atoms with Gasteiger partial charge in [0.15, 0.2) is 0 Å². The molecule has 0 amide bonds. The van der Waals surface area contributed by atoms with Crippen molar-refractivity contribution < 1.29 is 31.4 Å². The second-order valence-corrected chi connectivity index (χ2v) is 0. The molecular formula is H7NO2Pd. The molecule has 0 heterocycles. The van der Waals surface area contributed by atoms with Gasteiger partial charge >= 0.3 is 0 Å². The quantitative estimate of drug-likeness (QED) is 0.428. The van der Waals surface area contributed by atoms with E-state index in [1.807, 2.05) is 0 Å². The minimum Gasteiger partial charge on any atom is -0.412 e. The van der Waals surface area contributed by atoms with Crippen LogP contribution in [0.1, 0.15) is 0 Å². The summed E-state index contributed by atoms with van der Waals surface area (Å²) in [5.74, 6) is 0. The van der Waals surface area contributed by atoms with Gasteiger partial charge in [-0.15, -0.1) is 0 Å². The fourth-order valence-corrected chi connectivity index (χ4v) is 0. The van der Waals surface area contributed by atoms with Crippen molar-refractivity contribution in [2.45, 2.75) is 0 Å². The second kappa shape index (κ2) is 77.8. The van der Waals surface area contributed by atoms with Gasteiger partial charge in [0, 0.05) is 20.4 Å². The molecule has 34 valence electrons. The Morgan fingerprint density at radius 3 is 0.750 bits per heavy atom. The van der Waals surface area contributed by atoms with Crippen LogP contribution in [-0.2, 0) is 20.4 Å². The van der Waals surface area contributed by atoms with E-state index in [1.54, 1.807) is 0 Å². The van der Waals surface area contributed by atoms with E-state index in [-0.39, 0.29) is 37.5 Å². The van der Waals surface area contributed by atoms with Crippen LogP contribution in [0.4, 0.5) is 0 Å². The van der Waals surface area contributed by atoms with Crippen LogP contribution in [0.2, 0.25) is 0 Å². The van der Waals surface area contributed by atoms with Gasteiger partial charge in [-0.25, -0.2) is 0 Å². The molecule has 4 heteroatoms. The van der Waals surface area contributed by atoms with Crippen LogP contribution < -0.4 is 6.15 Å². The van der Waals surface area contributed by atoms with Gasteiger partial charge in [-0.3, -0.25) is 0 Å². The molecule has 0 saturated heterocycles. The summed E-state index contributed by atoms with van der Waals surface area (Å²) in [7, 11) is 0. The molecule has 0 saturated carbocycles. The standard InChI is InChI=1S/H3N.2H2O.Pd/h1H3;2*1H2;. The summed E-state index contributed by atoms with van der Waals surface area (Å²) in [5.41, 5.74) is 0. The molecule has 0 fully saturated rings. The van der Waals surface area contributed by atoms with Crippen LogP contribution in [0.25, 0.3) is 0 Å². The summed E-state index contributed by atoms with van der Waals surface area (Å²) in [6.45, 7) is 0. The van der Waals surface area contributed by atoms with Crippen molar-refractivity contribution in [2.24, 2.45) is 0 Å². The summed E-state index contributed by atoms with van der Waals surface area (Å²) in [4.78, 5) is 0. The molecular weight excluding hydrogens is 152 g/mol. The molecule has 0 aliphatic rings. The van der Waals surface area contributed by atoms with E-state index in [4.69, 9.17) is 0 Å². The first-order valence-electron chi connectivity index (χ1n) is 0. The smallest absolute Gasteiger partial charge is 0 e. The van der Waals surface area contributed by atoms with Crippen LogP contribution in [0, 0.1) is 0 Å². The van der Waals surface area contributed by atoms with Crippen molar-refractivity contribution >= 4 is 0 Å². The Balaban J connectivity index is 0. The van der Waals surface area contributed by atoms with Crippen LogP contribution in [-0.4, -0.2) is 11.0 Å². The average molecular weight is 159 g/mol. The van der Waals surface area contributed by atoms with Crippen LogP contribution >= 0.6 is 0 Å². The van der Waals surface area contributed by atoms with E-state index in [9.17, 15) is 0 Å². The number of hydrogen-bond acceptors (Lipinski definition) is 1. The maximum Gasteiger partial charge on any atom is 0 e. The largest absolute Gasteiger partial charge is 0.412 e. The molecule has 0 rings (SSSR count). The van der Waals surface area contributed by atoms with Crippen molar-refractivity contribution in [1.29, 1.82) is 0 Å². The van der Waals surface area contributed by atoms with E-state index in [0.29, 0.717) is 0 Å². The third kappa shape index (κ3) is 20.6. The molecule has 3 nitrogen and oxygen atoms in total. The van der Waals surface area contributed by atoms with Crippen molar-refractivity contribution in [3.8, 4) is 0 Å². The van der Waals surface area contributed by atoms with Crippen LogP contribution in [0.15, 0.2) is 0 Å². The van der Waals surface area contributed by atoms with Crippen LogP contribution in [0.5, 0.6) is 0 Å². The molecule has 0 aromatic heterocycles. The maximum atomic E-state index is 0. The number of rotatable bonds is 0. The molecule has 0 radical (unpaired) electrons. The summed E-state index contributed by atoms with van der Waals surface area (Å²) in [6, 6.07) is 0. The van der Waals surface area contributed by atoms with Crippen LogP contribution in [0.3, 0.4) is 0 Å². The normalized spacial score (nSPS) is 0. The van der Waals surface area contributed by atoms with Crippen molar-refractivity contribution in [1.82, 2.24) is 6.15 Å². The molecule has 4 heavy (non-hydrogen) atoms. The van der Waals surface area contributed by atoms with Gasteiger partial charge in [0.05, 0.1) is 0 Å². The van der Waals surface area contributed by atoms with Gasteiger partial charge in [-0.1, -0.05) is 0 Å². The fourth-order valence-electron chi connectivity index (χ4n) is 0. The zero-order valence-corrected chi connectivity index (χ0v) is 3.58. The first kappa shape index (κ1) is 194. The second-order valence-electron chi connectivity index (χ2n) is 0. The van der Waals surface area contributed by atoms with Gasteiger partial charge < -0.3 is 17.1 Å². The minimum absolute atomic E-state index is 0. The Morgan fingerprint density at radius 2 is 0.750 bits per heavy atom. The van der Waals surface area contributed by atoms with Gasteiger partial charge in [-0.05, 0) is 0 Å². The van der Waals surface area contributed by atoms with Gasteiger partial charge in [0.25, 0.3) is 0 Å². The number of hydrogen-bond donors (Lipinski definition) is 1. The molecule has 0 aliphatic carbocycles. The minimum atomic E-state index is 0. The molecule has 0 bridgehead atoms. The van der Waals surface area contributed by atoms with Crippen molar-refractivity contribution in [2.75, 3.05) is 0 Å². The molecule has 0 spiro atoms. The first-order chi connectivity index (χ1) is 0. The Hall–Kier alpha value is 0.542. The zero-order valence-electron chi connectivity index (χ0n) is 2.02. The van der Waals surface area contributed by atoms with Gasteiger partial charge in [0.1, 0.15) is 0 Å². The summed E-state index contributed by atoms with van der Waals surface area (Å²) in [5, 5.41) is 0.